The number of H-pyrrole nitrogens is 1. The Morgan fingerprint density at radius 3 is 2.91 bits per heavy atom. The van der Waals surface area contributed by atoms with Crippen LogP contribution in [0.3, 0.4) is 0 Å². The maximum Gasteiger partial charge on any atom is 0.315 e. The topological polar surface area (TPSA) is 56.9 Å². The Kier molecular flexibility index (Phi) is 4.61. The number of aromatic amines is 1. The van der Waals surface area contributed by atoms with Gasteiger partial charge in [-0.25, -0.2) is 9.18 Å². The number of hydrogen-bond donors (Lipinski definition) is 3. The van der Waals surface area contributed by atoms with Crippen molar-refractivity contribution in [2.24, 2.45) is 0 Å². The first-order chi connectivity index (χ1) is 10.7. The van der Waals surface area contributed by atoms with E-state index < -0.39 is 0 Å². The molecule has 1 saturated carbocycles. The minimum Gasteiger partial charge on any atom is -0.361 e. The maximum absolute atomic E-state index is 13.1. The van der Waals surface area contributed by atoms with Crippen molar-refractivity contribution in [1.82, 2.24) is 15.6 Å². The van der Waals surface area contributed by atoms with Gasteiger partial charge < -0.3 is 15.6 Å². The minimum absolute atomic E-state index is 0.0854. The van der Waals surface area contributed by atoms with E-state index in [0.717, 1.165) is 35.7 Å². The van der Waals surface area contributed by atoms with E-state index in [2.05, 4.69) is 15.6 Å². The van der Waals surface area contributed by atoms with Crippen molar-refractivity contribution in [2.45, 2.75) is 44.6 Å². The zero-order chi connectivity index (χ0) is 15.4. The van der Waals surface area contributed by atoms with Gasteiger partial charge in [0.25, 0.3) is 0 Å². The lowest BCUT2D eigenvalue weighted by Gasteiger charge is -2.22. The number of urea groups is 1. The van der Waals surface area contributed by atoms with Gasteiger partial charge in [-0.1, -0.05) is 19.3 Å². The summed E-state index contributed by atoms with van der Waals surface area (Å²) in [5.74, 6) is -0.245. The highest BCUT2D eigenvalue weighted by Crippen LogP contribution is 2.19. The van der Waals surface area contributed by atoms with Crippen molar-refractivity contribution in [2.75, 3.05) is 6.54 Å². The first kappa shape index (κ1) is 14.9. The number of fused-ring (bicyclic) bond motifs is 1. The largest absolute Gasteiger partial charge is 0.361 e. The Bertz CT molecular complexity index is 646. The number of halogens is 1. The first-order valence-electron chi connectivity index (χ1n) is 8.02. The molecule has 0 radical (unpaired) electrons. The van der Waals surface area contributed by atoms with E-state index >= 15 is 0 Å². The van der Waals surface area contributed by atoms with Gasteiger partial charge in [0.15, 0.2) is 0 Å². The van der Waals surface area contributed by atoms with Gasteiger partial charge in [-0.3, -0.25) is 0 Å². The van der Waals surface area contributed by atoms with Gasteiger partial charge in [0.05, 0.1) is 0 Å². The van der Waals surface area contributed by atoms with Crippen molar-refractivity contribution >= 4 is 16.9 Å². The van der Waals surface area contributed by atoms with Gasteiger partial charge in [0.2, 0.25) is 0 Å². The molecule has 2 amide bonds. The van der Waals surface area contributed by atoms with Crippen LogP contribution in [0.25, 0.3) is 10.9 Å². The molecule has 0 bridgehead atoms. The lowest BCUT2D eigenvalue weighted by Crippen LogP contribution is -2.43. The Balaban J connectivity index is 1.48. The summed E-state index contributed by atoms with van der Waals surface area (Å²) in [6.07, 6.45) is 8.46. The van der Waals surface area contributed by atoms with Crippen molar-refractivity contribution in [3.8, 4) is 0 Å². The average molecular weight is 303 g/mol. The van der Waals surface area contributed by atoms with E-state index in [1.807, 2.05) is 6.20 Å². The van der Waals surface area contributed by atoms with Crippen molar-refractivity contribution < 1.29 is 9.18 Å². The smallest absolute Gasteiger partial charge is 0.315 e. The van der Waals surface area contributed by atoms with Crippen LogP contribution in [0.1, 0.15) is 37.7 Å². The summed E-state index contributed by atoms with van der Waals surface area (Å²) in [5.41, 5.74) is 1.88. The van der Waals surface area contributed by atoms with Crippen LogP contribution in [0.4, 0.5) is 9.18 Å². The van der Waals surface area contributed by atoms with Crippen LogP contribution in [-0.4, -0.2) is 23.6 Å². The van der Waals surface area contributed by atoms with E-state index in [9.17, 15) is 9.18 Å². The van der Waals surface area contributed by atoms with Crippen LogP contribution < -0.4 is 10.6 Å². The number of aromatic nitrogens is 1. The molecule has 1 aromatic carbocycles. The van der Waals surface area contributed by atoms with Crippen molar-refractivity contribution in [3.05, 3.63) is 35.8 Å². The summed E-state index contributed by atoms with van der Waals surface area (Å²) in [5, 5.41) is 6.95. The second-order valence-electron chi connectivity index (χ2n) is 5.99. The third kappa shape index (κ3) is 3.59. The minimum atomic E-state index is -0.245. The van der Waals surface area contributed by atoms with Gasteiger partial charge in [-0.2, -0.15) is 0 Å². The Morgan fingerprint density at radius 1 is 1.27 bits per heavy atom. The Labute approximate surface area is 129 Å². The molecule has 0 spiro atoms. The van der Waals surface area contributed by atoms with Gasteiger partial charge in [-0.15, -0.1) is 0 Å². The summed E-state index contributed by atoms with van der Waals surface area (Å²) in [7, 11) is 0. The molecule has 1 aliphatic rings. The van der Waals surface area contributed by atoms with E-state index in [0.29, 0.717) is 12.6 Å². The fourth-order valence-electron chi connectivity index (χ4n) is 3.16. The molecule has 4 nitrogen and oxygen atoms in total. The predicted octanol–water partition coefficient (Wildman–Crippen LogP) is 3.48. The number of hydrogen-bond acceptors (Lipinski definition) is 1. The number of benzene rings is 1. The molecule has 0 unspecified atom stereocenters. The molecule has 2 aromatic rings. The molecule has 1 aliphatic carbocycles. The van der Waals surface area contributed by atoms with Gasteiger partial charge in [0, 0.05) is 29.7 Å². The number of rotatable bonds is 4. The molecule has 0 atom stereocenters. The Hall–Kier alpha value is -2.04. The zero-order valence-corrected chi connectivity index (χ0v) is 12.6. The highest BCUT2D eigenvalue weighted by Gasteiger charge is 2.15. The quantitative estimate of drug-likeness (QED) is 0.795. The second-order valence-corrected chi connectivity index (χ2v) is 5.99. The van der Waals surface area contributed by atoms with E-state index in [-0.39, 0.29) is 11.8 Å². The molecular formula is C17H22FN3O. The number of amides is 2. The normalized spacial score (nSPS) is 15.9. The number of carbonyl (C=O) groups is 1. The zero-order valence-electron chi connectivity index (χ0n) is 12.6. The molecule has 1 heterocycles. The SMILES string of the molecule is O=C(NCCc1c[nH]c2cc(F)ccc12)NC1CCCCC1. The lowest BCUT2D eigenvalue weighted by molar-refractivity contribution is 0.233. The van der Waals surface area contributed by atoms with Crippen LogP contribution in [0.2, 0.25) is 0 Å². The fraction of sp³-hybridized carbons (Fsp3) is 0.471. The second kappa shape index (κ2) is 6.81. The third-order valence-corrected chi connectivity index (χ3v) is 4.35. The van der Waals surface area contributed by atoms with Crippen molar-refractivity contribution in [3.63, 3.8) is 0 Å². The van der Waals surface area contributed by atoms with Gasteiger partial charge >= 0.3 is 6.03 Å². The monoisotopic (exact) mass is 303 g/mol. The third-order valence-electron chi connectivity index (χ3n) is 4.35. The first-order valence-corrected chi connectivity index (χ1v) is 8.02. The van der Waals surface area contributed by atoms with Gasteiger partial charge in [0.1, 0.15) is 5.82 Å². The highest BCUT2D eigenvalue weighted by molar-refractivity contribution is 5.83. The summed E-state index contributed by atoms with van der Waals surface area (Å²) in [4.78, 5) is 14.9. The fourth-order valence-corrected chi connectivity index (χ4v) is 3.16. The Morgan fingerprint density at radius 2 is 2.09 bits per heavy atom. The summed E-state index contributed by atoms with van der Waals surface area (Å²) in [6.45, 7) is 0.572. The lowest BCUT2D eigenvalue weighted by atomic mass is 9.96. The van der Waals surface area contributed by atoms with Crippen LogP contribution in [0.15, 0.2) is 24.4 Å². The molecule has 118 valence electrons. The van der Waals surface area contributed by atoms with Crippen molar-refractivity contribution in [1.29, 1.82) is 0 Å². The van der Waals surface area contributed by atoms with E-state index in [1.54, 1.807) is 6.07 Å². The standard InChI is InChI=1S/C17H22FN3O/c18-13-6-7-15-12(11-20-16(15)10-13)8-9-19-17(22)21-14-4-2-1-3-5-14/h6-7,10-11,14,20H,1-5,8-9H2,(H2,19,21,22). The molecule has 0 aliphatic heterocycles. The molecular weight excluding hydrogens is 281 g/mol. The number of nitrogens with one attached hydrogen (secondary N) is 3. The summed E-state index contributed by atoms with van der Waals surface area (Å²) in [6, 6.07) is 4.96. The molecule has 22 heavy (non-hydrogen) atoms. The molecule has 0 saturated heterocycles. The van der Waals surface area contributed by atoms with Crippen LogP contribution in [-0.2, 0) is 6.42 Å². The summed E-state index contributed by atoms with van der Waals surface area (Å²) >= 11 is 0. The molecule has 3 rings (SSSR count). The van der Waals surface area contributed by atoms with Crippen LogP contribution in [0, 0.1) is 5.82 Å². The molecule has 3 N–H and O–H groups in total. The van der Waals surface area contributed by atoms with Crippen LogP contribution >= 0.6 is 0 Å². The molecule has 1 aromatic heterocycles. The van der Waals surface area contributed by atoms with E-state index in [1.165, 1.54) is 31.4 Å². The molecule has 1 fully saturated rings. The number of carbonyl (C=O) groups excluding carboxylic acids is 1. The van der Waals surface area contributed by atoms with E-state index in [4.69, 9.17) is 0 Å². The average Bonchev–Trinajstić information content (AvgIpc) is 2.90. The highest BCUT2D eigenvalue weighted by atomic mass is 19.1. The summed E-state index contributed by atoms with van der Waals surface area (Å²) < 4.78 is 13.1. The predicted molar refractivity (Wildman–Crippen MR) is 85.4 cm³/mol. The van der Waals surface area contributed by atoms with Crippen LogP contribution in [0.5, 0.6) is 0 Å². The van der Waals surface area contributed by atoms with Gasteiger partial charge in [-0.05, 0) is 43.0 Å². The maximum atomic E-state index is 13.1. The molecule has 5 heteroatoms.